The molecule has 0 saturated heterocycles. The van der Waals surface area contributed by atoms with E-state index in [1.165, 1.54) is 4.90 Å². The molecule has 1 atom stereocenters. The monoisotopic (exact) mass is 341 g/mol. The highest BCUT2D eigenvalue weighted by Gasteiger charge is 2.33. The van der Waals surface area contributed by atoms with Gasteiger partial charge in [0.15, 0.2) is 11.0 Å². The van der Waals surface area contributed by atoms with Gasteiger partial charge in [0.05, 0.1) is 0 Å². The third-order valence-corrected chi connectivity index (χ3v) is 3.35. The first-order valence-corrected chi connectivity index (χ1v) is 7.51. The van der Waals surface area contributed by atoms with Gasteiger partial charge >= 0.3 is 6.09 Å². The first-order valence-electron chi connectivity index (χ1n) is 7.13. The number of anilines is 2. The average Bonchev–Trinajstić information content (AvgIpc) is 2.48. The summed E-state index contributed by atoms with van der Waals surface area (Å²) in [4.78, 5) is 34.1. The highest BCUT2D eigenvalue weighted by atomic mass is 35.5. The second-order valence-corrected chi connectivity index (χ2v) is 6.59. The van der Waals surface area contributed by atoms with Crippen molar-refractivity contribution in [1.29, 1.82) is 0 Å². The summed E-state index contributed by atoms with van der Waals surface area (Å²) in [5, 5.41) is 5.75. The van der Waals surface area contributed by atoms with Gasteiger partial charge in [-0.05, 0) is 27.7 Å². The van der Waals surface area contributed by atoms with Crippen molar-refractivity contribution in [2.45, 2.75) is 39.3 Å². The number of alkyl carbamates (subject to hydrolysis) is 1. The fraction of sp³-hybridized carbons (Fsp3) is 0.571. The number of aromatic nitrogens is 2. The number of carbonyl (C=O) groups is 2. The minimum absolute atomic E-state index is 0.169. The van der Waals surface area contributed by atoms with Crippen molar-refractivity contribution in [2.75, 3.05) is 23.8 Å². The van der Waals surface area contributed by atoms with E-state index in [1.54, 1.807) is 34.7 Å². The van der Waals surface area contributed by atoms with Crippen molar-refractivity contribution in [2.24, 2.45) is 0 Å². The van der Waals surface area contributed by atoms with E-state index in [2.05, 4.69) is 20.6 Å². The average molecular weight is 342 g/mol. The van der Waals surface area contributed by atoms with Crippen LogP contribution in [0.4, 0.5) is 16.3 Å². The van der Waals surface area contributed by atoms with Crippen LogP contribution in [0.5, 0.6) is 0 Å². The Kier molecular flexibility index (Phi) is 4.65. The van der Waals surface area contributed by atoms with Gasteiger partial charge in [-0.25, -0.2) is 14.8 Å². The number of likely N-dealkylation sites (N-methyl/N-ethyl adjacent to an activating group) is 1. The first-order chi connectivity index (χ1) is 10.6. The maximum absolute atomic E-state index is 12.5. The summed E-state index contributed by atoms with van der Waals surface area (Å²) in [6.07, 6.45) is -0.662. The Morgan fingerprint density at radius 3 is 2.70 bits per heavy atom. The zero-order valence-electron chi connectivity index (χ0n) is 13.7. The summed E-state index contributed by atoms with van der Waals surface area (Å²) in [5.41, 5.74) is -0.262. The van der Waals surface area contributed by atoms with Crippen LogP contribution in [0.15, 0.2) is 0 Å². The van der Waals surface area contributed by atoms with Crippen molar-refractivity contribution in [3.63, 3.8) is 0 Å². The van der Waals surface area contributed by atoms with Gasteiger partial charge in [0, 0.05) is 13.6 Å². The topological polar surface area (TPSA) is 96.5 Å². The second kappa shape index (κ2) is 6.19. The fourth-order valence-electron chi connectivity index (χ4n) is 2.15. The molecule has 2 N–H and O–H groups in total. The maximum atomic E-state index is 12.5. The van der Waals surface area contributed by atoms with E-state index in [9.17, 15) is 9.59 Å². The summed E-state index contributed by atoms with van der Waals surface area (Å²) in [7, 11) is 1.56. The van der Waals surface area contributed by atoms with Crippen LogP contribution >= 0.6 is 11.6 Å². The lowest BCUT2D eigenvalue weighted by Crippen LogP contribution is -2.50. The molecule has 1 aromatic heterocycles. The van der Waals surface area contributed by atoms with E-state index in [0.717, 1.165) is 0 Å². The van der Waals surface area contributed by atoms with Crippen LogP contribution in [-0.4, -0.2) is 47.2 Å². The maximum Gasteiger partial charge on any atom is 0.408 e. The molecule has 0 aliphatic carbocycles. The molecule has 126 valence electrons. The quantitative estimate of drug-likeness (QED) is 0.755. The van der Waals surface area contributed by atoms with Crippen molar-refractivity contribution < 1.29 is 14.3 Å². The van der Waals surface area contributed by atoms with Crippen LogP contribution in [0.2, 0.25) is 5.15 Å². The molecular weight excluding hydrogens is 322 g/mol. The lowest BCUT2D eigenvalue weighted by Gasteiger charge is -2.24. The lowest BCUT2D eigenvalue weighted by atomic mass is 10.2. The lowest BCUT2D eigenvalue weighted by molar-refractivity contribution is -0.120. The predicted octanol–water partition coefficient (Wildman–Crippen LogP) is 1.72. The smallest absolute Gasteiger partial charge is 0.408 e. The zero-order chi connectivity index (χ0) is 17.4. The minimum Gasteiger partial charge on any atom is -0.444 e. The van der Waals surface area contributed by atoms with Crippen molar-refractivity contribution in [1.82, 2.24) is 15.3 Å². The van der Waals surface area contributed by atoms with Gasteiger partial charge in [0.1, 0.15) is 23.2 Å². The van der Waals surface area contributed by atoms with Crippen LogP contribution in [0.3, 0.4) is 0 Å². The molecule has 1 aromatic rings. The molecule has 23 heavy (non-hydrogen) atoms. The molecule has 0 radical (unpaired) electrons. The third kappa shape index (κ3) is 4.01. The molecule has 0 aromatic carbocycles. The summed E-state index contributed by atoms with van der Waals surface area (Å²) in [6.45, 7) is 7.12. The Bertz CT molecular complexity index is 644. The Labute approximate surface area is 139 Å². The highest BCUT2D eigenvalue weighted by Crippen LogP contribution is 2.32. The van der Waals surface area contributed by atoms with Gasteiger partial charge in [0.2, 0.25) is 0 Å². The van der Waals surface area contributed by atoms with Gasteiger partial charge in [-0.2, -0.15) is 0 Å². The number of hydrogen-bond acceptors (Lipinski definition) is 6. The Morgan fingerprint density at radius 1 is 1.43 bits per heavy atom. The van der Waals surface area contributed by atoms with E-state index in [-0.39, 0.29) is 17.6 Å². The molecule has 1 aliphatic rings. The number of ether oxygens (including phenoxy) is 1. The fourth-order valence-corrected chi connectivity index (χ4v) is 2.48. The van der Waals surface area contributed by atoms with E-state index < -0.39 is 17.7 Å². The van der Waals surface area contributed by atoms with Gasteiger partial charge in [-0.3, -0.25) is 4.79 Å². The molecule has 0 bridgehead atoms. The number of halogens is 1. The second-order valence-electron chi connectivity index (χ2n) is 6.24. The van der Waals surface area contributed by atoms with Crippen LogP contribution in [-0.2, 0) is 9.53 Å². The molecule has 0 unspecified atom stereocenters. The SMILES string of the molecule is Cc1nc(Cl)c2c(n1)NC[C@H](NC(=O)OC(C)(C)C)C(=O)N2C. The van der Waals surface area contributed by atoms with E-state index in [0.29, 0.717) is 17.3 Å². The number of rotatable bonds is 1. The summed E-state index contributed by atoms with van der Waals surface area (Å²) in [6, 6.07) is -0.805. The van der Waals surface area contributed by atoms with E-state index >= 15 is 0 Å². The molecule has 8 nitrogen and oxygen atoms in total. The number of hydrogen-bond donors (Lipinski definition) is 2. The van der Waals surface area contributed by atoms with Crippen LogP contribution in [0.1, 0.15) is 26.6 Å². The van der Waals surface area contributed by atoms with Crippen LogP contribution in [0.25, 0.3) is 0 Å². The molecular formula is C14H20ClN5O3. The summed E-state index contributed by atoms with van der Waals surface area (Å²) < 4.78 is 5.18. The summed E-state index contributed by atoms with van der Waals surface area (Å²) in [5.74, 6) is 0.601. The van der Waals surface area contributed by atoms with Crippen LogP contribution < -0.4 is 15.5 Å². The Morgan fingerprint density at radius 2 is 2.09 bits per heavy atom. The Hall–Kier alpha value is -2.09. The molecule has 0 saturated carbocycles. The molecule has 2 amide bonds. The first kappa shape index (κ1) is 17.3. The molecule has 1 aliphatic heterocycles. The van der Waals surface area contributed by atoms with Gasteiger partial charge < -0.3 is 20.3 Å². The zero-order valence-corrected chi connectivity index (χ0v) is 14.5. The van der Waals surface area contributed by atoms with Gasteiger partial charge in [0.25, 0.3) is 5.91 Å². The third-order valence-electron chi connectivity index (χ3n) is 3.08. The van der Waals surface area contributed by atoms with E-state index in [4.69, 9.17) is 16.3 Å². The molecule has 2 rings (SSSR count). The van der Waals surface area contributed by atoms with Crippen molar-refractivity contribution >= 4 is 35.1 Å². The number of nitrogens with one attached hydrogen (secondary N) is 2. The number of amides is 2. The minimum atomic E-state index is -0.805. The number of carbonyl (C=O) groups excluding carboxylic acids is 2. The summed E-state index contributed by atoms with van der Waals surface area (Å²) >= 11 is 6.12. The molecule has 0 fully saturated rings. The molecule has 9 heteroatoms. The Balaban J connectivity index is 2.21. The standard InChI is InChI=1S/C14H20ClN5O3/c1-7-17-10(15)9-11(18-7)16-6-8(12(21)20(9)5)19-13(22)23-14(2,3)4/h8H,6H2,1-5H3,(H,19,22)(H,16,17,18)/t8-/m0/s1. The molecule has 0 spiro atoms. The largest absolute Gasteiger partial charge is 0.444 e. The number of nitrogens with zero attached hydrogens (tertiary/aromatic N) is 3. The van der Waals surface area contributed by atoms with Crippen molar-refractivity contribution in [3.8, 4) is 0 Å². The normalized spacial score (nSPS) is 17.9. The molecule has 2 heterocycles. The van der Waals surface area contributed by atoms with E-state index in [1.807, 2.05) is 0 Å². The van der Waals surface area contributed by atoms with Gasteiger partial charge in [-0.15, -0.1) is 0 Å². The highest BCUT2D eigenvalue weighted by molar-refractivity contribution is 6.33. The van der Waals surface area contributed by atoms with Crippen molar-refractivity contribution in [3.05, 3.63) is 11.0 Å². The van der Waals surface area contributed by atoms with Gasteiger partial charge in [-0.1, -0.05) is 11.6 Å². The van der Waals surface area contributed by atoms with Crippen LogP contribution in [0, 0.1) is 6.92 Å². The predicted molar refractivity (Wildman–Crippen MR) is 86.8 cm³/mol. The number of aryl methyl sites for hydroxylation is 1. The number of fused-ring (bicyclic) bond motifs is 1.